The molecule has 0 unspecified atom stereocenters. The van der Waals surface area contributed by atoms with E-state index in [1.165, 1.54) is 6.92 Å². The Morgan fingerprint density at radius 3 is 1.17 bits per heavy atom. The summed E-state index contributed by atoms with van der Waals surface area (Å²) >= 11 is 0. The Morgan fingerprint density at radius 2 is 0.828 bits per heavy atom. The smallest absolute Gasteiger partial charge is 0.305 e. The van der Waals surface area contributed by atoms with E-state index in [1.54, 1.807) is 12.2 Å². The quantitative estimate of drug-likeness (QED) is 0.0387. The number of hydrogen-bond donors (Lipinski definition) is 7. The van der Waals surface area contributed by atoms with Gasteiger partial charge in [0.25, 0.3) is 0 Å². The Hall–Kier alpha value is -4.31. The summed E-state index contributed by atoms with van der Waals surface area (Å²) < 4.78 is 11.1. The average Bonchev–Trinajstić information content (AvgIpc) is 3.06. The number of carboxylic acids is 1. The summed E-state index contributed by atoms with van der Waals surface area (Å²) in [6.45, 7) is 24.4. The van der Waals surface area contributed by atoms with Crippen LogP contribution in [0.2, 0.25) is 0 Å². The first-order valence-electron chi connectivity index (χ1n) is 20.5. The number of aliphatic carboxylic acids is 1. The number of carbonyl (C=O) groups excluding carboxylic acids is 6. The van der Waals surface area contributed by atoms with Gasteiger partial charge in [-0.25, -0.2) is 0 Å². The van der Waals surface area contributed by atoms with E-state index in [4.69, 9.17) is 9.47 Å². The van der Waals surface area contributed by atoms with Crippen LogP contribution in [-0.2, 0) is 43.0 Å². The van der Waals surface area contributed by atoms with Gasteiger partial charge < -0.3 is 46.5 Å². The molecule has 0 aliphatic carbocycles. The summed E-state index contributed by atoms with van der Waals surface area (Å²) in [4.78, 5) is 89.1. The molecule has 0 heterocycles. The Balaban J connectivity index is 5.69. The molecular formula is C42H74N6O10. The number of amides is 6. The van der Waals surface area contributed by atoms with Crippen LogP contribution in [0.1, 0.15) is 114 Å². The van der Waals surface area contributed by atoms with Gasteiger partial charge in [-0.1, -0.05) is 67.5 Å². The maximum Gasteiger partial charge on any atom is 0.305 e. The van der Waals surface area contributed by atoms with Crippen molar-refractivity contribution in [3.8, 4) is 0 Å². The monoisotopic (exact) mass is 823 g/mol. The predicted octanol–water partition coefficient (Wildman–Crippen LogP) is 3.15. The van der Waals surface area contributed by atoms with E-state index in [-0.39, 0.29) is 118 Å². The van der Waals surface area contributed by atoms with E-state index in [2.05, 4.69) is 45.1 Å². The van der Waals surface area contributed by atoms with Crippen molar-refractivity contribution in [3.63, 3.8) is 0 Å². The van der Waals surface area contributed by atoms with Crippen LogP contribution >= 0.6 is 0 Å². The predicted molar refractivity (Wildman–Crippen MR) is 223 cm³/mol. The molecule has 0 aliphatic heterocycles. The van der Waals surface area contributed by atoms with Crippen molar-refractivity contribution in [2.75, 3.05) is 26.4 Å². The van der Waals surface area contributed by atoms with Gasteiger partial charge in [-0.2, -0.15) is 0 Å². The van der Waals surface area contributed by atoms with Crippen LogP contribution in [-0.4, -0.2) is 109 Å². The molecule has 0 saturated carbocycles. The van der Waals surface area contributed by atoms with Crippen molar-refractivity contribution < 1.29 is 48.1 Å². The van der Waals surface area contributed by atoms with Gasteiger partial charge in [0.05, 0.1) is 44.9 Å². The molecule has 58 heavy (non-hydrogen) atoms. The van der Waals surface area contributed by atoms with Gasteiger partial charge in [0, 0.05) is 63.2 Å². The molecule has 332 valence electrons. The zero-order valence-electron chi connectivity index (χ0n) is 36.4. The molecule has 0 aromatic rings. The fourth-order valence-corrected chi connectivity index (χ4v) is 6.28. The van der Waals surface area contributed by atoms with Gasteiger partial charge in [-0.3, -0.25) is 33.6 Å². The first-order valence-corrected chi connectivity index (χ1v) is 20.5. The molecule has 0 saturated heterocycles. The van der Waals surface area contributed by atoms with Crippen molar-refractivity contribution in [2.24, 2.45) is 23.7 Å². The van der Waals surface area contributed by atoms with Gasteiger partial charge in [0.2, 0.25) is 35.4 Å². The lowest BCUT2D eigenvalue weighted by Gasteiger charge is -2.27. The molecule has 0 spiro atoms. The molecule has 0 fully saturated rings. The lowest BCUT2D eigenvalue weighted by molar-refractivity contribution is -0.138. The highest BCUT2D eigenvalue weighted by Gasteiger charge is 2.27. The second kappa shape index (κ2) is 29.8. The highest BCUT2D eigenvalue weighted by Crippen LogP contribution is 2.14. The third kappa shape index (κ3) is 27.3. The molecule has 6 atom stereocenters. The number of hydrogen-bond acceptors (Lipinski definition) is 9. The first-order chi connectivity index (χ1) is 27.1. The lowest BCUT2D eigenvalue weighted by atomic mass is 9.97. The maximum absolute atomic E-state index is 13.5. The van der Waals surface area contributed by atoms with Crippen LogP contribution in [0.3, 0.4) is 0 Å². The van der Waals surface area contributed by atoms with Crippen LogP contribution in [0.25, 0.3) is 0 Å². The van der Waals surface area contributed by atoms with Crippen LogP contribution in [0.15, 0.2) is 25.3 Å². The number of carbonyl (C=O) groups is 7. The van der Waals surface area contributed by atoms with Crippen LogP contribution in [0.5, 0.6) is 0 Å². The SMILES string of the molecule is C=CCOC[C@@H](CC(=O)N[C@H](CC(=O)N[C@H](CC(=O)N[C@@H](COCC=C)CC(=O)N[C@@H](CC(=O)O)CC(C)C)C(C)C)CC(C)C)NC(=O)C[C@@H](NC(C)=O)C(C)C. The zero-order valence-corrected chi connectivity index (χ0v) is 36.4. The molecule has 0 aliphatic rings. The fraction of sp³-hybridized carbons (Fsp3) is 0.738. The van der Waals surface area contributed by atoms with E-state index < -0.39 is 48.0 Å². The third-order valence-corrected chi connectivity index (χ3v) is 8.95. The maximum atomic E-state index is 13.5. The van der Waals surface area contributed by atoms with Crippen molar-refractivity contribution >= 4 is 41.4 Å². The highest BCUT2D eigenvalue weighted by molar-refractivity contribution is 5.83. The molecule has 0 rings (SSSR count). The minimum absolute atomic E-state index is 0.000946. The number of nitrogens with one attached hydrogen (secondary N) is 6. The number of carboxylic acid groups (broad SMARTS) is 1. The topological polar surface area (TPSA) is 230 Å². The summed E-state index contributed by atoms with van der Waals surface area (Å²) in [7, 11) is 0. The largest absolute Gasteiger partial charge is 0.481 e. The number of rotatable bonds is 32. The van der Waals surface area contributed by atoms with Crippen molar-refractivity contribution in [1.29, 1.82) is 0 Å². The summed E-state index contributed by atoms with van der Waals surface area (Å²) in [5.74, 6) is -3.09. The summed E-state index contributed by atoms with van der Waals surface area (Å²) in [5.41, 5.74) is 0. The summed E-state index contributed by atoms with van der Waals surface area (Å²) in [6.07, 6.45) is 3.45. The summed E-state index contributed by atoms with van der Waals surface area (Å²) in [6, 6.07) is -3.49. The van der Waals surface area contributed by atoms with E-state index in [9.17, 15) is 38.7 Å². The zero-order chi connectivity index (χ0) is 44.4. The van der Waals surface area contributed by atoms with E-state index in [0.29, 0.717) is 12.8 Å². The average molecular weight is 823 g/mol. The Morgan fingerprint density at radius 1 is 0.500 bits per heavy atom. The minimum Gasteiger partial charge on any atom is -0.481 e. The lowest BCUT2D eigenvalue weighted by Crippen LogP contribution is -2.49. The standard InChI is InChI=1S/C42H74N6O10/c1-12-14-57-24-33(46-40(53)22-35(28(7)8)43-30(11)49)19-37(50)44-31(16-26(3)4)18-39(52)48-36(29(9)10)23-41(54)47-34(25-58-15-13-2)20-38(51)45-32(17-27(5)6)21-42(55)56/h12-13,26-29,31-36H,1-2,14-25H2,3-11H3,(H,43,49)(H,44,50)(H,45,51)(H,46,53)(H,47,54)(H,48,52)(H,55,56)/t31-,32+,33+,34+,35+,36+/m0/s1. The van der Waals surface area contributed by atoms with E-state index >= 15 is 0 Å². The van der Waals surface area contributed by atoms with Crippen LogP contribution in [0, 0.1) is 23.7 Å². The first kappa shape index (κ1) is 53.7. The second-order valence-corrected chi connectivity index (χ2v) is 16.6. The van der Waals surface area contributed by atoms with Crippen molar-refractivity contribution in [2.45, 2.75) is 150 Å². The Labute approximate surface area is 346 Å². The van der Waals surface area contributed by atoms with Crippen molar-refractivity contribution in [3.05, 3.63) is 25.3 Å². The Bertz CT molecular complexity index is 1320. The molecular weight excluding hydrogens is 748 g/mol. The fourth-order valence-electron chi connectivity index (χ4n) is 6.28. The molecule has 16 heteroatoms. The van der Waals surface area contributed by atoms with Gasteiger partial charge >= 0.3 is 5.97 Å². The van der Waals surface area contributed by atoms with Crippen LogP contribution in [0.4, 0.5) is 0 Å². The second-order valence-electron chi connectivity index (χ2n) is 16.6. The highest BCUT2D eigenvalue weighted by atomic mass is 16.5. The normalized spacial score (nSPS) is 14.4. The van der Waals surface area contributed by atoms with Gasteiger partial charge in [-0.05, 0) is 36.5 Å². The summed E-state index contributed by atoms with van der Waals surface area (Å²) in [5, 5.41) is 26.5. The molecule has 0 bridgehead atoms. The molecule has 0 radical (unpaired) electrons. The third-order valence-electron chi connectivity index (χ3n) is 8.95. The van der Waals surface area contributed by atoms with Gasteiger partial charge in [0.1, 0.15) is 0 Å². The van der Waals surface area contributed by atoms with Crippen molar-refractivity contribution in [1.82, 2.24) is 31.9 Å². The molecule has 7 N–H and O–H groups in total. The molecule has 6 amide bonds. The molecule has 0 aromatic carbocycles. The Kier molecular flexibility index (Phi) is 27.6. The van der Waals surface area contributed by atoms with Gasteiger partial charge in [-0.15, -0.1) is 13.2 Å². The molecule has 0 aromatic heterocycles. The van der Waals surface area contributed by atoms with Crippen LogP contribution < -0.4 is 31.9 Å². The minimum atomic E-state index is -1.03. The van der Waals surface area contributed by atoms with E-state index in [0.717, 1.165) is 0 Å². The number of ether oxygens (including phenoxy) is 2. The molecule has 16 nitrogen and oxygen atoms in total. The van der Waals surface area contributed by atoms with Gasteiger partial charge in [0.15, 0.2) is 0 Å². The van der Waals surface area contributed by atoms with E-state index in [1.807, 2.05) is 55.4 Å².